The lowest BCUT2D eigenvalue weighted by molar-refractivity contribution is 0.276. The molecule has 2 rings (SSSR count). The Hall–Kier alpha value is -0.380. The van der Waals surface area contributed by atoms with Crippen LogP contribution in [0.4, 0.5) is 0 Å². The first kappa shape index (κ1) is 16.0. The maximum absolute atomic E-state index is 3.75. The maximum Gasteiger partial charge on any atom is 0.0244 e. The molecule has 1 fully saturated rings. The van der Waals surface area contributed by atoms with Crippen LogP contribution in [0.5, 0.6) is 0 Å². The van der Waals surface area contributed by atoms with Crippen LogP contribution in [0.25, 0.3) is 0 Å². The van der Waals surface area contributed by atoms with Gasteiger partial charge in [-0.05, 0) is 56.1 Å². The molecule has 0 bridgehead atoms. The summed E-state index contributed by atoms with van der Waals surface area (Å²) in [7, 11) is 0. The number of hydrogen-bond donors (Lipinski definition) is 1. The average molecular weight is 339 g/mol. The van der Waals surface area contributed by atoms with Crippen LogP contribution >= 0.6 is 15.9 Å². The summed E-state index contributed by atoms with van der Waals surface area (Å²) >= 11 is 3.75. The van der Waals surface area contributed by atoms with Crippen molar-refractivity contribution in [3.05, 3.63) is 33.8 Å². The Labute approximate surface area is 132 Å². The van der Waals surface area contributed by atoms with Crippen molar-refractivity contribution in [3.8, 4) is 0 Å². The first-order valence-electron chi connectivity index (χ1n) is 8.00. The number of hydrogen-bond acceptors (Lipinski definition) is 2. The fraction of sp³-hybridized carbons (Fsp3) is 0.647. The lowest BCUT2D eigenvalue weighted by atomic mass is 10.1. The second-order valence-corrected chi connectivity index (χ2v) is 6.65. The molecule has 1 aliphatic heterocycles. The summed E-state index contributed by atoms with van der Waals surface area (Å²) in [5.74, 6) is 0. The predicted octanol–water partition coefficient (Wildman–Crippen LogP) is 4.32. The van der Waals surface area contributed by atoms with Gasteiger partial charge >= 0.3 is 0 Å². The van der Waals surface area contributed by atoms with Crippen molar-refractivity contribution in [1.82, 2.24) is 10.2 Å². The molecule has 1 aromatic carbocycles. The number of likely N-dealkylation sites (tertiary alicyclic amines) is 1. The Kier molecular flexibility index (Phi) is 7.05. The van der Waals surface area contributed by atoms with Crippen molar-refractivity contribution >= 4 is 15.9 Å². The smallest absolute Gasteiger partial charge is 0.0244 e. The Morgan fingerprint density at radius 1 is 1.15 bits per heavy atom. The molecule has 0 saturated carbocycles. The van der Waals surface area contributed by atoms with Crippen LogP contribution in [0.15, 0.2) is 22.7 Å². The number of nitrogens with one attached hydrogen (secondary N) is 1. The zero-order valence-corrected chi connectivity index (χ0v) is 14.2. The first-order chi connectivity index (χ1) is 9.79. The van der Waals surface area contributed by atoms with E-state index in [4.69, 9.17) is 0 Å². The summed E-state index contributed by atoms with van der Waals surface area (Å²) in [6, 6.07) is 6.83. The summed E-state index contributed by atoms with van der Waals surface area (Å²) in [6.45, 7) is 7.86. The van der Waals surface area contributed by atoms with Gasteiger partial charge in [0.1, 0.15) is 0 Å². The van der Waals surface area contributed by atoms with E-state index in [9.17, 15) is 0 Å². The molecule has 0 radical (unpaired) electrons. The van der Waals surface area contributed by atoms with E-state index < -0.39 is 0 Å². The van der Waals surface area contributed by atoms with Gasteiger partial charge in [-0.2, -0.15) is 0 Å². The number of nitrogens with zero attached hydrogens (tertiary/aromatic N) is 1. The van der Waals surface area contributed by atoms with Crippen LogP contribution in [0, 0.1) is 0 Å². The summed E-state index contributed by atoms with van der Waals surface area (Å²) in [4.78, 5) is 2.60. The third kappa shape index (κ3) is 5.19. The summed E-state index contributed by atoms with van der Waals surface area (Å²) in [6.07, 6.45) is 6.71. The molecule has 0 atom stereocenters. The lowest BCUT2D eigenvalue weighted by Crippen LogP contribution is -2.24. The highest BCUT2D eigenvalue weighted by Gasteiger charge is 2.11. The third-order valence-electron chi connectivity index (χ3n) is 3.97. The van der Waals surface area contributed by atoms with Gasteiger partial charge in [0, 0.05) is 17.6 Å². The molecule has 0 aliphatic carbocycles. The first-order valence-corrected chi connectivity index (χ1v) is 8.79. The number of rotatable bonds is 6. The van der Waals surface area contributed by atoms with Crippen LogP contribution in [0.2, 0.25) is 0 Å². The fourth-order valence-electron chi connectivity index (χ4n) is 2.77. The van der Waals surface area contributed by atoms with E-state index in [-0.39, 0.29) is 0 Å². The SMILES string of the molecule is CCCNCc1ccc(CN2CCCCCC2)c(Br)c1. The Morgan fingerprint density at radius 2 is 1.90 bits per heavy atom. The molecule has 2 nitrogen and oxygen atoms in total. The predicted molar refractivity (Wildman–Crippen MR) is 89.9 cm³/mol. The van der Waals surface area contributed by atoms with Crippen molar-refractivity contribution in [2.45, 2.75) is 52.1 Å². The zero-order valence-electron chi connectivity index (χ0n) is 12.6. The quantitative estimate of drug-likeness (QED) is 0.777. The molecule has 0 amide bonds. The number of benzene rings is 1. The third-order valence-corrected chi connectivity index (χ3v) is 4.70. The van der Waals surface area contributed by atoms with Crippen molar-refractivity contribution in [2.75, 3.05) is 19.6 Å². The van der Waals surface area contributed by atoms with Gasteiger partial charge in [0.2, 0.25) is 0 Å². The molecular weight excluding hydrogens is 312 g/mol. The Balaban J connectivity index is 1.91. The molecule has 112 valence electrons. The van der Waals surface area contributed by atoms with Gasteiger partial charge in [-0.15, -0.1) is 0 Å². The molecule has 3 heteroatoms. The number of halogens is 1. The molecule has 1 heterocycles. The van der Waals surface area contributed by atoms with E-state index in [1.54, 1.807) is 0 Å². The minimum Gasteiger partial charge on any atom is -0.313 e. The van der Waals surface area contributed by atoms with Gasteiger partial charge in [-0.3, -0.25) is 4.90 Å². The minimum absolute atomic E-state index is 0.969. The van der Waals surface area contributed by atoms with Gasteiger partial charge < -0.3 is 5.32 Å². The van der Waals surface area contributed by atoms with Gasteiger partial charge in [-0.1, -0.05) is 47.8 Å². The van der Waals surface area contributed by atoms with Crippen LogP contribution in [0.1, 0.15) is 50.2 Å². The molecule has 20 heavy (non-hydrogen) atoms. The molecule has 1 aliphatic rings. The minimum atomic E-state index is 0.969. The molecule has 0 unspecified atom stereocenters. The fourth-order valence-corrected chi connectivity index (χ4v) is 3.33. The Bertz CT molecular complexity index is 398. The molecular formula is C17H27BrN2. The second kappa shape index (κ2) is 8.81. The largest absolute Gasteiger partial charge is 0.313 e. The molecule has 1 aromatic rings. The highest BCUT2D eigenvalue weighted by atomic mass is 79.9. The highest BCUT2D eigenvalue weighted by molar-refractivity contribution is 9.10. The van der Waals surface area contributed by atoms with Gasteiger partial charge in [0.15, 0.2) is 0 Å². The zero-order chi connectivity index (χ0) is 14.2. The lowest BCUT2D eigenvalue weighted by Gasteiger charge is -2.20. The van der Waals surface area contributed by atoms with Gasteiger partial charge in [-0.25, -0.2) is 0 Å². The van der Waals surface area contributed by atoms with Crippen molar-refractivity contribution in [2.24, 2.45) is 0 Å². The van der Waals surface area contributed by atoms with E-state index in [0.29, 0.717) is 0 Å². The van der Waals surface area contributed by atoms with Crippen LogP contribution in [-0.2, 0) is 13.1 Å². The molecule has 0 spiro atoms. The van der Waals surface area contributed by atoms with E-state index in [1.165, 1.54) is 60.8 Å². The molecule has 0 aromatic heterocycles. The van der Waals surface area contributed by atoms with Gasteiger partial charge in [0.25, 0.3) is 0 Å². The summed E-state index contributed by atoms with van der Waals surface area (Å²) in [5, 5.41) is 3.46. The van der Waals surface area contributed by atoms with Crippen LogP contribution in [0.3, 0.4) is 0 Å². The monoisotopic (exact) mass is 338 g/mol. The van der Waals surface area contributed by atoms with E-state index >= 15 is 0 Å². The van der Waals surface area contributed by atoms with Crippen LogP contribution in [-0.4, -0.2) is 24.5 Å². The normalized spacial score (nSPS) is 17.1. The molecule has 1 N–H and O–H groups in total. The van der Waals surface area contributed by atoms with Crippen molar-refractivity contribution in [1.29, 1.82) is 0 Å². The highest BCUT2D eigenvalue weighted by Crippen LogP contribution is 2.22. The van der Waals surface area contributed by atoms with E-state index in [2.05, 4.69) is 51.3 Å². The topological polar surface area (TPSA) is 15.3 Å². The van der Waals surface area contributed by atoms with E-state index in [1.807, 2.05) is 0 Å². The second-order valence-electron chi connectivity index (χ2n) is 5.79. The Morgan fingerprint density at radius 3 is 2.55 bits per heavy atom. The summed E-state index contributed by atoms with van der Waals surface area (Å²) < 4.78 is 1.26. The van der Waals surface area contributed by atoms with Crippen LogP contribution < -0.4 is 5.32 Å². The standard InChI is InChI=1S/C17H27BrN2/c1-2-9-19-13-15-7-8-16(17(18)12-15)14-20-10-5-3-4-6-11-20/h7-8,12,19H,2-6,9-11,13-14H2,1H3. The van der Waals surface area contributed by atoms with E-state index in [0.717, 1.165) is 19.6 Å². The summed E-state index contributed by atoms with van der Waals surface area (Å²) in [5.41, 5.74) is 2.79. The van der Waals surface area contributed by atoms with Crippen molar-refractivity contribution in [3.63, 3.8) is 0 Å². The molecule has 1 saturated heterocycles. The maximum atomic E-state index is 3.75. The van der Waals surface area contributed by atoms with Gasteiger partial charge in [0.05, 0.1) is 0 Å². The van der Waals surface area contributed by atoms with Crippen molar-refractivity contribution < 1.29 is 0 Å². The average Bonchev–Trinajstić information content (AvgIpc) is 2.71.